The highest BCUT2D eigenvalue weighted by Gasteiger charge is 2.26. The molecule has 1 saturated heterocycles. The van der Waals surface area contributed by atoms with Crippen LogP contribution in [-0.2, 0) is 10.0 Å². The largest absolute Gasteiger partial charge is 0.495 e. The van der Waals surface area contributed by atoms with E-state index in [0.29, 0.717) is 24.2 Å². The van der Waals surface area contributed by atoms with Gasteiger partial charge in [-0.05, 0) is 36.6 Å². The lowest BCUT2D eigenvalue weighted by Gasteiger charge is -2.25. The second kappa shape index (κ2) is 7.47. The summed E-state index contributed by atoms with van der Waals surface area (Å²) in [6, 6.07) is 11.3. The minimum absolute atomic E-state index is 0.0648. The second-order valence-corrected chi connectivity index (χ2v) is 8.12. The Labute approximate surface area is 153 Å². The summed E-state index contributed by atoms with van der Waals surface area (Å²) in [5.41, 5.74) is 1.37. The molecule has 1 N–H and O–H groups in total. The quantitative estimate of drug-likeness (QED) is 0.867. The molecule has 0 radical (unpaired) electrons. The molecular formula is C19H21NO5S. The smallest absolute Gasteiger partial charge is 0.339 e. The van der Waals surface area contributed by atoms with Crippen LogP contribution in [0, 0.1) is 0 Å². The molecule has 7 heteroatoms. The van der Waals surface area contributed by atoms with Gasteiger partial charge < -0.3 is 9.84 Å². The van der Waals surface area contributed by atoms with Crippen molar-refractivity contribution >= 4 is 16.0 Å². The van der Waals surface area contributed by atoms with Crippen LogP contribution in [0.4, 0.5) is 0 Å². The van der Waals surface area contributed by atoms with Crippen LogP contribution in [0.5, 0.6) is 5.75 Å². The Morgan fingerprint density at radius 3 is 2.27 bits per heavy atom. The Morgan fingerprint density at radius 2 is 1.69 bits per heavy atom. The molecule has 138 valence electrons. The molecule has 2 aromatic rings. The van der Waals surface area contributed by atoms with Gasteiger partial charge in [-0.2, -0.15) is 4.31 Å². The number of piperidine rings is 1. The number of carbonyl (C=O) groups is 1. The van der Waals surface area contributed by atoms with Gasteiger partial charge in [-0.1, -0.05) is 30.7 Å². The number of ether oxygens (including phenoxy) is 1. The monoisotopic (exact) mass is 375 g/mol. The van der Waals surface area contributed by atoms with Crippen molar-refractivity contribution in [3.05, 3.63) is 48.0 Å². The van der Waals surface area contributed by atoms with Crippen molar-refractivity contribution in [2.45, 2.75) is 24.2 Å². The van der Waals surface area contributed by atoms with Crippen molar-refractivity contribution in [3.63, 3.8) is 0 Å². The number of carboxylic acids is 1. The first-order valence-electron chi connectivity index (χ1n) is 8.46. The molecule has 0 saturated carbocycles. The molecular weight excluding hydrogens is 354 g/mol. The molecule has 1 aliphatic heterocycles. The highest BCUT2D eigenvalue weighted by Crippen LogP contribution is 2.34. The van der Waals surface area contributed by atoms with E-state index in [2.05, 4.69) is 0 Å². The van der Waals surface area contributed by atoms with Gasteiger partial charge in [0, 0.05) is 18.7 Å². The standard InChI is InChI=1S/C19H21NO5S/c1-25-18-16(6-5-7-17(18)19(21)22)14-8-10-15(11-9-14)26(23,24)20-12-3-2-4-13-20/h5-11H,2-4,12-13H2,1H3,(H,21,22). The predicted octanol–water partition coefficient (Wildman–Crippen LogP) is 3.24. The molecule has 1 fully saturated rings. The molecule has 0 atom stereocenters. The SMILES string of the molecule is COc1c(C(=O)O)cccc1-c1ccc(S(=O)(=O)N2CCCCC2)cc1. The first-order valence-corrected chi connectivity index (χ1v) is 9.90. The van der Waals surface area contributed by atoms with Crippen molar-refractivity contribution in [3.8, 4) is 16.9 Å². The molecule has 0 aromatic heterocycles. The molecule has 1 aliphatic rings. The van der Waals surface area contributed by atoms with Gasteiger partial charge in [0.05, 0.1) is 12.0 Å². The number of sulfonamides is 1. The summed E-state index contributed by atoms with van der Waals surface area (Å²) in [6.45, 7) is 1.11. The summed E-state index contributed by atoms with van der Waals surface area (Å²) >= 11 is 0. The number of hydrogen-bond acceptors (Lipinski definition) is 4. The summed E-state index contributed by atoms with van der Waals surface area (Å²) in [5.74, 6) is -0.820. The maximum absolute atomic E-state index is 12.7. The van der Waals surface area contributed by atoms with Crippen molar-refractivity contribution < 1.29 is 23.1 Å². The normalized spacial score (nSPS) is 15.6. The summed E-state index contributed by atoms with van der Waals surface area (Å²) in [5, 5.41) is 9.30. The molecule has 0 aliphatic carbocycles. The van der Waals surface area contributed by atoms with E-state index in [1.165, 1.54) is 17.5 Å². The lowest BCUT2D eigenvalue weighted by Crippen LogP contribution is -2.35. The molecule has 0 bridgehead atoms. The van der Waals surface area contributed by atoms with Crippen LogP contribution in [-0.4, -0.2) is 44.0 Å². The molecule has 3 rings (SSSR count). The van der Waals surface area contributed by atoms with E-state index in [0.717, 1.165) is 19.3 Å². The zero-order chi connectivity index (χ0) is 18.7. The Kier molecular flexibility index (Phi) is 5.29. The average Bonchev–Trinajstić information content (AvgIpc) is 2.68. The number of para-hydroxylation sites is 1. The van der Waals surface area contributed by atoms with E-state index >= 15 is 0 Å². The van der Waals surface area contributed by atoms with Gasteiger partial charge in [-0.25, -0.2) is 13.2 Å². The van der Waals surface area contributed by atoms with Gasteiger partial charge in [0.2, 0.25) is 10.0 Å². The first-order chi connectivity index (χ1) is 12.4. The van der Waals surface area contributed by atoms with E-state index in [1.807, 2.05) is 0 Å². The van der Waals surface area contributed by atoms with E-state index in [4.69, 9.17) is 4.74 Å². The fourth-order valence-corrected chi connectivity index (χ4v) is 4.73. The third-order valence-electron chi connectivity index (χ3n) is 4.57. The summed E-state index contributed by atoms with van der Waals surface area (Å²) in [7, 11) is -2.07. The molecule has 0 unspecified atom stereocenters. The third kappa shape index (κ3) is 3.45. The van der Waals surface area contributed by atoms with Crippen LogP contribution in [0.15, 0.2) is 47.4 Å². The van der Waals surface area contributed by atoms with Crippen LogP contribution in [0.3, 0.4) is 0 Å². The Hall–Kier alpha value is -2.38. The van der Waals surface area contributed by atoms with Gasteiger partial charge in [0.1, 0.15) is 11.3 Å². The fourth-order valence-electron chi connectivity index (χ4n) is 3.21. The van der Waals surface area contributed by atoms with E-state index in [-0.39, 0.29) is 16.2 Å². The topological polar surface area (TPSA) is 83.9 Å². The lowest BCUT2D eigenvalue weighted by molar-refractivity contribution is 0.0693. The highest BCUT2D eigenvalue weighted by atomic mass is 32.2. The maximum Gasteiger partial charge on any atom is 0.339 e. The molecule has 1 heterocycles. The number of nitrogens with zero attached hydrogens (tertiary/aromatic N) is 1. The minimum atomic E-state index is -3.49. The van der Waals surface area contributed by atoms with Gasteiger partial charge >= 0.3 is 5.97 Å². The Bertz CT molecular complexity index is 900. The third-order valence-corrected chi connectivity index (χ3v) is 6.48. The molecule has 0 amide bonds. The van der Waals surface area contributed by atoms with Gasteiger partial charge in [-0.3, -0.25) is 0 Å². The Balaban J connectivity index is 1.96. The van der Waals surface area contributed by atoms with Crippen LogP contribution in [0.2, 0.25) is 0 Å². The predicted molar refractivity (Wildman–Crippen MR) is 98.0 cm³/mol. The van der Waals surface area contributed by atoms with Gasteiger partial charge in [0.25, 0.3) is 0 Å². The second-order valence-electron chi connectivity index (χ2n) is 6.18. The highest BCUT2D eigenvalue weighted by molar-refractivity contribution is 7.89. The molecule has 2 aromatic carbocycles. The lowest BCUT2D eigenvalue weighted by atomic mass is 10.0. The number of carboxylic acid groups (broad SMARTS) is 1. The molecule has 26 heavy (non-hydrogen) atoms. The number of benzene rings is 2. The Morgan fingerprint density at radius 1 is 1.04 bits per heavy atom. The molecule has 6 nitrogen and oxygen atoms in total. The van der Waals surface area contributed by atoms with Crippen LogP contribution in [0.1, 0.15) is 29.6 Å². The summed E-state index contributed by atoms with van der Waals surface area (Å²) in [4.78, 5) is 11.6. The first kappa shape index (κ1) is 18.4. The number of methoxy groups -OCH3 is 1. The van der Waals surface area contributed by atoms with Crippen LogP contribution >= 0.6 is 0 Å². The summed E-state index contributed by atoms with van der Waals surface area (Å²) in [6.07, 6.45) is 2.83. The minimum Gasteiger partial charge on any atom is -0.495 e. The number of rotatable bonds is 5. The van der Waals surface area contributed by atoms with E-state index < -0.39 is 16.0 Å². The van der Waals surface area contributed by atoms with E-state index in [9.17, 15) is 18.3 Å². The van der Waals surface area contributed by atoms with Gasteiger partial charge in [0.15, 0.2) is 0 Å². The number of hydrogen-bond donors (Lipinski definition) is 1. The number of aromatic carboxylic acids is 1. The average molecular weight is 375 g/mol. The summed E-state index contributed by atoms with van der Waals surface area (Å²) < 4.78 is 32.3. The van der Waals surface area contributed by atoms with Crippen molar-refractivity contribution in [1.29, 1.82) is 0 Å². The van der Waals surface area contributed by atoms with Gasteiger partial charge in [-0.15, -0.1) is 0 Å². The van der Waals surface area contributed by atoms with Crippen molar-refractivity contribution in [1.82, 2.24) is 4.31 Å². The van der Waals surface area contributed by atoms with E-state index in [1.54, 1.807) is 36.4 Å². The zero-order valence-corrected chi connectivity index (χ0v) is 15.3. The zero-order valence-electron chi connectivity index (χ0n) is 14.5. The fraction of sp³-hybridized carbons (Fsp3) is 0.316. The van der Waals surface area contributed by atoms with Crippen LogP contribution < -0.4 is 4.74 Å². The van der Waals surface area contributed by atoms with Crippen molar-refractivity contribution in [2.75, 3.05) is 20.2 Å². The van der Waals surface area contributed by atoms with Crippen molar-refractivity contribution in [2.24, 2.45) is 0 Å². The van der Waals surface area contributed by atoms with Crippen LogP contribution in [0.25, 0.3) is 11.1 Å². The maximum atomic E-state index is 12.7. The molecule has 0 spiro atoms.